The molecule has 3 aromatic rings. The third-order valence-corrected chi connectivity index (χ3v) is 5.23. The SMILES string of the molecule is CNc1cnn2c(NC3CCN(C)CC3)cc(-c3ccccc3C)nc12. The Bertz CT molecular complexity index is 908. The fourth-order valence-corrected chi connectivity index (χ4v) is 3.60. The van der Waals surface area contributed by atoms with Crippen molar-refractivity contribution in [1.29, 1.82) is 0 Å². The molecule has 1 aromatic carbocycles. The number of anilines is 2. The van der Waals surface area contributed by atoms with E-state index in [1.165, 1.54) is 5.56 Å². The van der Waals surface area contributed by atoms with Gasteiger partial charge in [0.15, 0.2) is 5.65 Å². The smallest absolute Gasteiger partial charge is 0.181 e. The molecule has 2 aromatic heterocycles. The number of fused-ring (bicyclic) bond motifs is 1. The van der Waals surface area contributed by atoms with Gasteiger partial charge in [-0.05, 0) is 45.5 Å². The van der Waals surface area contributed by atoms with Gasteiger partial charge in [0, 0.05) is 24.7 Å². The highest BCUT2D eigenvalue weighted by Gasteiger charge is 2.19. The van der Waals surface area contributed by atoms with Crippen LogP contribution < -0.4 is 10.6 Å². The van der Waals surface area contributed by atoms with Crippen LogP contribution in [0.3, 0.4) is 0 Å². The summed E-state index contributed by atoms with van der Waals surface area (Å²) < 4.78 is 1.91. The van der Waals surface area contributed by atoms with E-state index in [1.54, 1.807) is 0 Å². The molecule has 1 saturated heterocycles. The number of benzene rings is 1. The predicted molar refractivity (Wildman–Crippen MR) is 107 cm³/mol. The van der Waals surface area contributed by atoms with E-state index >= 15 is 0 Å². The number of hydrogen-bond acceptors (Lipinski definition) is 5. The molecule has 1 fully saturated rings. The number of likely N-dealkylation sites (tertiary alicyclic amines) is 1. The maximum absolute atomic E-state index is 4.89. The van der Waals surface area contributed by atoms with Gasteiger partial charge in [-0.1, -0.05) is 24.3 Å². The topological polar surface area (TPSA) is 57.5 Å². The van der Waals surface area contributed by atoms with Crippen molar-refractivity contribution in [1.82, 2.24) is 19.5 Å². The predicted octanol–water partition coefficient (Wildman–Crippen LogP) is 3.25. The third kappa shape index (κ3) is 3.12. The van der Waals surface area contributed by atoms with E-state index in [9.17, 15) is 0 Å². The lowest BCUT2D eigenvalue weighted by Gasteiger charge is -2.30. The summed E-state index contributed by atoms with van der Waals surface area (Å²) in [6.07, 6.45) is 4.12. The van der Waals surface area contributed by atoms with E-state index in [4.69, 9.17) is 4.98 Å². The standard InChI is InChI=1S/C20H26N6/c1-14-6-4-5-7-16(14)17-12-19(23-15-8-10-25(3)11-9-15)26-20(24-17)18(21-2)13-22-26/h4-7,12-13,15,21,23H,8-11H2,1-3H3. The Kier molecular flexibility index (Phi) is 4.51. The third-order valence-electron chi connectivity index (χ3n) is 5.23. The van der Waals surface area contributed by atoms with E-state index in [1.807, 2.05) is 17.8 Å². The second kappa shape index (κ2) is 6.96. The average Bonchev–Trinajstić information content (AvgIpc) is 3.07. The molecular weight excluding hydrogens is 324 g/mol. The first kappa shape index (κ1) is 16.8. The zero-order valence-corrected chi connectivity index (χ0v) is 15.7. The Morgan fingerprint density at radius 3 is 2.65 bits per heavy atom. The van der Waals surface area contributed by atoms with Gasteiger partial charge >= 0.3 is 0 Å². The minimum atomic E-state index is 0.462. The van der Waals surface area contributed by atoms with Gasteiger partial charge in [-0.3, -0.25) is 0 Å². The number of nitrogens with zero attached hydrogens (tertiary/aromatic N) is 4. The Morgan fingerprint density at radius 2 is 1.92 bits per heavy atom. The van der Waals surface area contributed by atoms with Crippen molar-refractivity contribution >= 4 is 17.2 Å². The van der Waals surface area contributed by atoms with Crippen molar-refractivity contribution in [3.63, 3.8) is 0 Å². The van der Waals surface area contributed by atoms with Gasteiger partial charge in [-0.15, -0.1) is 0 Å². The van der Waals surface area contributed by atoms with Gasteiger partial charge in [-0.25, -0.2) is 4.98 Å². The van der Waals surface area contributed by atoms with Gasteiger partial charge < -0.3 is 15.5 Å². The molecule has 1 aliphatic heterocycles. The summed E-state index contributed by atoms with van der Waals surface area (Å²) in [6, 6.07) is 11.0. The minimum absolute atomic E-state index is 0.462. The van der Waals surface area contributed by atoms with E-state index in [2.05, 4.69) is 64.9 Å². The minimum Gasteiger partial charge on any atom is -0.384 e. The quantitative estimate of drug-likeness (QED) is 0.756. The first-order valence-corrected chi connectivity index (χ1v) is 9.23. The molecule has 136 valence electrons. The first-order chi connectivity index (χ1) is 12.7. The molecule has 3 heterocycles. The molecule has 0 unspecified atom stereocenters. The monoisotopic (exact) mass is 350 g/mol. The van der Waals surface area contributed by atoms with E-state index < -0.39 is 0 Å². The number of piperidine rings is 1. The molecule has 0 bridgehead atoms. The highest BCUT2D eigenvalue weighted by molar-refractivity contribution is 5.75. The lowest BCUT2D eigenvalue weighted by atomic mass is 10.0. The van der Waals surface area contributed by atoms with Crippen LogP contribution in [0.1, 0.15) is 18.4 Å². The summed E-state index contributed by atoms with van der Waals surface area (Å²) in [7, 11) is 4.09. The van der Waals surface area contributed by atoms with Crippen LogP contribution in [0.15, 0.2) is 36.5 Å². The number of nitrogens with one attached hydrogen (secondary N) is 2. The van der Waals surface area contributed by atoms with Crippen molar-refractivity contribution < 1.29 is 0 Å². The fraction of sp³-hybridized carbons (Fsp3) is 0.400. The molecule has 0 radical (unpaired) electrons. The molecule has 0 amide bonds. The number of aromatic nitrogens is 3. The number of hydrogen-bond donors (Lipinski definition) is 2. The highest BCUT2D eigenvalue weighted by Crippen LogP contribution is 2.28. The lowest BCUT2D eigenvalue weighted by molar-refractivity contribution is 0.263. The van der Waals surface area contributed by atoms with Crippen molar-refractivity contribution in [3.05, 3.63) is 42.1 Å². The number of rotatable bonds is 4. The summed E-state index contributed by atoms with van der Waals surface area (Å²) in [4.78, 5) is 7.27. The Balaban J connectivity index is 1.78. The van der Waals surface area contributed by atoms with Crippen LogP contribution in [-0.4, -0.2) is 52.7 Å². The molecule has 2 N–H and O–H groups in total. The molecule has 0 atom stereocenters. The molecule has 4 rings (SSSR count). The van der Waals surface area contributed by atoms with Crippen molar-refractivity contribution in [2.45, 2.75) is 25.8 Å². The van der Waals surface area contributed by atoms with E-state index in [0.29, 0.717) is 6.04 Å². The zero-order chi connectivity index (χ0) is 18.1. The molecule has 0 aliphatic carbocycles. The average molecular weight is 350 g/mol. The molecule has 0 spiro atoms. The van der Waals surface area contributed by atoms with Crippen LogP contribution in [0.2, 0.25) is 0 Å². The molecular formula is C20H26N6. The largest absolute Gasteiger partial charge is 0.384 e. The van der Waals surface area contributed by atoms with Crippen LogP contribution in [-0.2, 0) is 0 Å². The van der Waals surface area contributed by atoms with Gasteiger partial charge in [0.1, 0.15) is 5.82 Å². The Hall–Kier alpha value is -2.60. The zero-order valence-electron chi connectivity index (χ0n) is 15.7. The molecule has 1 aliphatic rings. The van der Waals surface area contributed by atoms with Crippen molar-refractivity contribution in [2.24, 2.45) is 0 Å². The van der Waals surface area contributed by atoms with Crippen molar-refractivity contribution in [2.75, 3.05) is 37.8 Å². The molecule has 0 saturated carbocycles. The molecule has 26 heavy (non-hydrogen) atoms. The van der Waals surface area contributed by atoms with Crippen LogP contribution in [0.5, 0.6) is 0 Å². The van der Waals surface area contributed by atoms with Gasteiger partial charge in [0.25, 0.3) is 0 Å². The first-order valence-electron chi connectivity index (χ1n) is 9.23. The summed E-state index contributed by atoms with van der Waals surface area (Å²) in [5, 5.41) is 11.5. The summed E-state index contributed by atoms with van der Waals surface area (Å²) in [5.74, 6) is 1.00. The summed E-state index contributed by atoms with van der Waals surface area (Å²) in [5.41, 5.74) is 5.14. The van der Waals surface area contributed by atoms with Crippen molar-refractivity contribution in [3.8, 4) is 11.3 Å². The summed E-state index contributed by atoms with van der Waals surface area (Å²) >= 11 is 0. The fourth-order valence-electron chi connectivity index (χ4n) is 3.60. The van der Waals surface area contributed by atoms with Gasteiger partial charge in [0.05, 0.1) is 17.6 Å². The van der Waals surface area contributed by atoms with Crippen LogP contribution >= 0.6 is 0 Å². The van der Waals surface area contributed by atoms with E-state index in [0.717, 1.165) is 54.3 Å². The van der Waals surface area contributed by atoms with Gasteiger partial charge in [-0.2, -0.15) is 9.61 Å². The maximum Gasteiger partial charge on any atom is 0.181 e. The highest BCUT2D eigenvalue weighted by atomic mass is 15.3. The van der Waals surface area contributed by atoms with Crippen LogP contribution in [0.25, 0.3) is 16.9 Å². The van der Waals surface area contributed by atoms with E-state index in [-0.39, 0.29) is 0 Å². The van der Waals surface area contributed by atoms with Crippen LogP contribution in [0, 0.1) is 6.92 Å². The molecule has 6 nitrogen and oxygen atoms in total. The summed E-state index contributed by atoms with van der Waals surface area (Å²) in [6.45, 7) is 4.37. The Labute approximate surface area is 154 Å². The second-order valence-corrected chi connectivity index (χ2v) is 7.11. The normalized spacial score (nSPS) is 16.1. The second-order valence-electron chi connectivity index (χ2n) is 7.11. The van der Waals surface area contributed by atoms with Crippen LogP contribution in [0.4, 0.5) is 11.5 Å². The molecule has 6 heteroatoms. The Morgan fingerprint density at radius 1 is 1.15 bits per heavy atom. The maximum atomic E-state index is 4.89. The number of aryl methyl sites for hydroxylation is 1. The lowest BCUT2D eigenvalue weighted by Crippen LogP contribution is -2.37. The van der Waals surface area contributed by atoms with Gasteiger partial charge in [0.2, 0.25) is 0 Å².